The van der Waals surface area contributed by atoms with Gasteiger partial charge >= 0.3 is 0 Å². The van der Waals surface area contributed by atoms with Crippen molar-refractivity contribution in [3.05, 3.63) is 28.8 Å². The first kappa shape index (κ1) is 12.3. The monoisotopic (exact) mass is 299 g/mol. The van der Waals surface area contributed by atoms with Gasteiger partial charge in [-0.15, -0.1) is 0 Å². The number of rotatable bonds is 5. The molecule has 1 heterocycles. The van der Waals surface area contributed by atoms with Gasteiger partial charge in [0.25, 0.3) is 0 Å². The molecule has 0 unspecified atom stereocenters. The van der Waals surface area contributed by atoms with Gasteiger partial charge < -0.3 is 19.9 Å². The van der Waals surface area contributed by atoms with Gasteiger partial charge in [-0.3, -0.25) is 0 Å². The van der Waals surface area contributed by atoms with E-state index >= 15 is 0 Å². The first-order valence-corrected chi connectivity index (χ1v) is 6.08. The first-order valence-electron chi connectivity index (χ1n) is 5.29. The van der Waals surface area contributed by atoms with E-state index in [-0.39, 0.29) is 6.79 Å². The van der Waals surface area contributed by atoms with E-state index in [1.165, 1.54) is 0 Å². The molecule has 4 nitrogen and oxygen atoms in total. The summed E-state index contributed by atoms with van der Waals surface area (Å²) in [6, 6.07) is 3.75. The Balaban J connectivity index is 2.24. The van der Waals surface area contributed by atoms with E-state index in [9.17, 15) is 0 Å². The lowest BCUT2D eigenvalue weighted by molar-refractivity contribution is 0.174. The molecule has 1 aliphatic heterocycles. The lowest BCUT2D eigenvalue weighted by Gasteiger charge is -2.11. The van der Waals surface area contributed by atoms with Gasteiger partial charge in [-0.25, -0.2) is 0 Å². The molecule has 0 bridgehead atoms. The van der Waals surface area contributed by atoms with Gasteiger partial charge in [0.05, 0.1) is 0 Å². The molecular weight excluding hydrogens is 286 g/mol. The maximum atomic E-state index is 5.64. The Morgan fingerprint density at radius 3 is 2.76 bits per heavy atom. The molecule has 0 saturated carbocycles. The number of hydrogen-bond donors (Lipinski definition) is 1. The van der Waals surface area contributed by atoms with E-state index in [4.69, 9.17) is 19.9 Å². The summed E-state index contributed by atoms with van der Waals surface area (Å²) >= 11 is 3.26. The fraction of sp³-hybridized carbons (Fsp3) is 0.333. The van der Waals surface area contributed by atoms with Crippen molar-refractivity contribution in [2.24, 2.45) is 5.73 Å². The summed E-state index contributed by atoms with van der Waals surface area (Å²) in [6.45, 7) is 4.96. The van der Waals surface area contributed by atoms with Crippen LogP contribution in [0.2, 0.25) is 0 Å². The molecule has 5 heteroatoms. The molecular formula is C12H14BrNO3. The van der Waals surface area contributed by atoms with Crippen LogP contribution in [0, 0.1) is 0 Å². The summed E-state index contributed by atoms with van der Waals surface area (Å²) < 4.78 is 17.1. The summed E-state index contributed by atoms with van der Waals surface area (Å²) in [5, 5.41) is 0. The van der Waals surface area contributed by atoms with E-state index < -0.39 is 0 Å². The third-order valence-corrected chi connectivity index (χ3v) is 2.58. The average molecular weight is 300 g/mol. The molecule has 2 N–H and O–H groups in total. The quantitative estimate of drug-likeness (QED) is 0.906. The SMILES string of the molecule is C=C(Br)COc1cc2c(cc1CCN)OCO2. The molecule has 0 spiro atoms. The van der Waals surface area contributed by atoms with Gasteiger partial charge in [-0.05, 0) is 24.6 Å². The zero-order valence-electron chi connectivity index (χ0n) is 9.37. The molecule has 0 atom stereocenters. The Kier molecular flexibility index (Phi) is 3.91. The number of ether oxygens (including phenoxy) is 3. The molecule has 0 aromatic heterocycles. The Bertz CT molecular complexity index is 434. The number of halogens is 1. The molecule has 0 fully saturated rings. The summed E-state index contributed by atoms with van der Waals surface area (Å²) in [5.74, 6) is 2.22. The van der Waals surface area contributed by atoms with Crippen LogP contribution >= 0.6 is 15.9 Å². The highest BCUT2D eigenvalue weighted by atomic mass is 79.9. The fourth-order valence-electron chi connectivity index (χ4n) is 1.61. The summed E-state index contributed by atoms with van der Waals surface area (Å²) in [4.78, 5) is 0. The Labute approximate surface area is 108 Å². The van der Waals surface area contributed by atoms with E-state index in [0.717, 1.165) is 28.0 Å². The van der Waals surface area contributed by atoms with Gasteiger partial charge in [-0.2, -0.15) is 0 Å². The van der Waals surface area contributed by atoms with E-state index in [0.29, 0.717) is 18.9 Å². The Morgan fingerprint density at radius 2 is 2.12 bits per heavy atom. The summed E-state index contributed by atoms with van der Waals surface area (Å²) in [5.41, 5.74) is 6.60. The minimum absolute atomic E-state index is 0.256. The standard InChI is InChI=1S/C12H14BrNO3/c1-8(13)6-15-10-5-12-11(16-7-17-12)4-9(10)2-3-14/h4-5H,1-3,6-7,14H2. The highest BCUT2D eigenvalue weighted by Gasteiger charge is 2.17. The fourth-order valence-corrected chi connectivity index (χ4v) is 1.72. The molecule has 2 rings (SSSR count). The minimum Gasteiger partial charge on any atom is -0.488 e. The van der Waals surface area contributed by atoms with Crippen molar-refractivity contribution < 1.29 is 14.2 Å². The molecule has 17 heavy (non-hydrogen) atoms. The van der Waals surface area contributed by atoms with Crippen LogP contribution in [0.15, 0.2) is 23.2 Å². The van der Waals surface area contributed by atoms with Crippen molar-refractivity contribution in [2.75, 3.05) is 19.9 Å². The molecule has 0 radical (unpaired) electrons. The number of hydrogen-bond acceptors (Lipinski definition) is 4. The summed E-state index contributed by atoms with van der Waals surface area (Å²) in [7, 11) is 0. The zero-order valence-corrected chi connectivity index (χ0v) is 11.0. The van der Waals surface area contributed by atoms with Gasteiger partial charge in [-0.1, -0.05) is 22.5 Å². The number of fused-ring (bicyclic) bond motifs is 1. The van der Waals surface area contributed by atoms with Crippen LogP contribution in [0.4, 0.5) is 0 Å². The van der Waals surface area contributed by atoms with Crippen molar-refractivity contribution in [3.63, 3.8) is 0 Å². The predicted octanol–water partition coefficient (Wildman–Crippen LogP) is 2.20. The molecule has 1 aromatic rings. The van der Waals surface area contributed by atoms with E-state index in [1.807, 2.05) is 12.1 Å². The van der Waals surface area contributed by atoms with Gasteiger partial charge in [0.15, 0.2) is 11.5 Å². The topological polar surface area (TPSA) is 53.7 Å². The second kappa shape index (κ2) is 5.42. The molecule has 1 aromatic carbocycles. The second-order valence-electron chi connectivity index (χ2n) is 3.66. The Hall–Kier alpha value is -1.20. The van der Waals surface area contributed by atoms with Crippen molar-refractivity contribution >= 4 is 15.9 Å². The van der Waals surface area contributed by atoms with Crippen molar-refractivity contribution in [2.45, 2.75) is 6.42 Å². The molecule has 1 aliphatic rings. The first-order chi connectivity index (χ1) is 8.20. The van der Waals surface area contributed by atoms with E-state index in [2.05, 4.69) is 22.5 Å². The van der Waals surface area contributed by atoms with E-state index in [1.54, 1.807) is 0 Å². The average Bonchev–Trinajstić information content (AvgIpc) is 2.73. The molecule has 0 amide bonds. The lowest BCUT2D eigenvalue weighted by atomic mass is 10.1. The normalized spacial score (nSPS) is 12.6. The van der Waals surface area contributed by atoms with Crippen LogP contribution in [0.25, 0.3) is 0 Å². The van der Waals surface area contributed by atoms with Crippen LogP contribution < -0.4 is 19.9 Å². The van der Waals surface area contributed by atoms with Crippen LogP contribution in [-0.2, 0) is 6.42 Å². The third-order valence-electron chi connectivity index (χ3n) is 2.35. The van der Waals surface area contributed by atoms with Crippen LogP contribution in [0.5, 0.6) is 17.2 Å². The lowest BCUT2D eigenvalue weighted by Crippen LogP contribution is -2.06. The largest absolute Gasteiger partial charge is 0.488 e. The molecule has 92 valence electrons. The van der Waals surface area contributed by atoms with Crippen molar-refractivity contribution in [3.8, 4) is 17.2 Å². The Morgan fingerprint density at radius 1 is 1.41 bits per heavy atom. The van der Waals surface area contributed by atoms with Gasteiger partial charge in [0.2, 0.25) is 6.79 Å². The zero-order chi connectivity index (χ0) is 12.3. The minimum atomic E-state index is 0.256. The summed E-state index contributed by atoms with van der Waals surface area (Å²) in [6.07, 6.45) is 0.737. The van der Waals surface area contributed by atoms with Gasteiger partial charge in [0.1, 0.15) is 12.4 Å². The smallest absolute Gasteiger partial charge is 0.231 e. The third kappa shape index (κ3) is 2.92. The number of nitrogens with two attached hydrogens (primary N) is 1. The maximum Gasteiger partial charge on any atom is 0.231 e. The molecule has 0 aliphatic carbocycles. The van der Waals surface area contributed by atoms with Crippen molar-refractivity contribution in [1.82, 2.24) is 0 Å². The second-order valence-corrected chi connectivity index (χ2v) is 4.78. The van der Waals surface area contributed by atoms with Crippen LogP contribution in [0.1, 0.15) is 5.56 Å². The number of benzene rings is 1. The van der Waals surface area contributed by atoms with Gasteiger partial charge in [0, 0.05) is 10.5 Å². The molecule has 0 saturated heterocycles. The maximum absolute atomic E-state index is 5.64. The highest BCUT2D eigenvalue weighted by molar-refractivity contribution is 9.11. The van der Waals surface area contributed by atoms with Crippen LogP contribution in [-0.4, -0.2) is 19.9 Å². The van der Waals surface area contributed by atoms with Crippen LogP contribution in [0.3, 0.4) is 0 Å². The highest BCUT2D eigenvalue weighted by Crippen LogP contribution is 2.38. The predicted molar refractivity (Wildman–Crippen MR) is 68.9 cm³/mol. The van der Waals surface area contributed by atoms with Crippen molar-refractivity contribution in [1.29, 1.82) is 0 Å².